The molecule has 0 amide bonds. The lowest BCUT2D eigenvalue weighted by molar-refractivity contribution is 0.0167. The molecule has 120 valence electrons. The van der Waals surface area contributed by atoms with Crippen LogP contribution in [0.3, 0.4) is 0 Å². The van der Waals surface area contributed by atoms with Crippen LogP contribution in [0, 0.1) is 11.3 Å². The third-order valence-corrected chi connectivity index (χ3v) is 6.33. The van der Waals surface area contributed by atoms with Crippen molar-refractivity contribution in [2.75, 3.05) is 24.6 Å². The normalized spacial score (nSPS) is 26.7. The molecule has 0 saturated carbocycles. The molecule has 0 bridgehead atoms. The van der Waals surface area contributed by atoms with Gasteiger partial charge < -0.3 is 5.73 Å². The minimum atomic E-state index is 0.202. The minimum Gasteiger partial charge on any atom is -0.329 e. The Kier molecular flexibility index (Phi) is 6.88. The molecular weight excluding hydrogens is 264 g/mol. The van der Waals surface area contributed by atoms with E-state index in [0.717, 1.165) is 6.54 Å². The molecule has 1 rings (SSSR count). The maximum atomic E-state index is 6.33. The average molecular weight is 301 g/mol. The Morgan fingerprint density at radius 3 is 2.15 bits per heavy atom. The minimum absolute atomic E-state index is 0.202. The van der Waals surface area contributed by atoms with Crippen LogP contribution >= 0.6 is 11.8 Å². The number of nitrogens with two attached hydrogens (primary N) is 1. The van der Waals surface area contributed by atoms with E-state index in [1.807, 2.05) is 0 Å². The van der Waals surface area contributed by atoms with E-state index in [2.05, 4.69) is 58.2 Å². The Morgan fingerprint density at radius 1 is 1.15 bits per heavy atom. The molecule has 1 atom stereocenters. The van der Waals surface area contributed by atoms with Crippen LogP contribution in [0.2, 0.25) is 0 Å². The van der Waals surface area contributed by atoms with E-state index in [1.54, 1.807) is 0 Å². The van der Waals surface area contributed by atoms with Gasteiger partial charge in [-0.1, -0.05) is 41.5 Å². The largest absolute Gasteiger partial charge is 0.329 e. The van der Waals surface area contributed by atoms with Crippen LogP contribution < -0.4 is 5.73 Å². The summed E-state index contributed by atoms with van der Waals surface area (Å²) in [7, 11) is 0. The fourth-order valence-electron chi connectivity index (χ4n) is 3.80. The summed E-state index contributed by atoms with van der Waals surface area (Å²) in [5.74, 6) is 3.18. The van der Waals surface area contributed by atoms with Crippen molar-refractivity contribution in [1.29, 1.82) is 0 Å². The number of rotatable bonds is 7. The van der Waals surface area contributed by atoms with E-state index in [-0.39, 0.29) is 5.54 Å². The molecule has 1 fully saturated rings. The van der Waals surface area contributed by atoms with Gasteiger partial charge in [0.2, 0.25) is 0 Å². The molecular formula is C17H36N2S. The predicted octanol–water partition coefficient (Wildman–Crippen LogP) is 3.99. The van der Waals surface area contributed by atoms with Gasteiger partial charge in [-0.25, -0.2) is 0 Å². The van der Waals surface area contributed by atoms with Crippen molar-refractivity contribution in [3.05, 3.63) is 0 Å². The van der Waals surface area contributed by atoms with Crippen molar-refractivity contribution in [2.24, 2.45) is 17.1 Å². The van der Waals surface area contributed by atoms with E-state index in [9.17, 15) is 0 Å². The van der Waals surface area contributed by atoms with Gasteiger partial charge in [-0.15, -0.1) is 0 Å². The molecule has 1 aliphatic rings. The van der Waals surface area contributed by atoms with E-state index >= 15 is 0 Å². The quantitative estimate of drug-likeness (QED) is 0.771. The molecule has 3 heteroatoms. The van der Waals surface area contributed by atoms with Crippen LogP contribution in [0.1, 0.15) is 60.8 Å². The second kappa shape index (κ2) is 7.51. The molecule has 1 unspecified atom stereocenters. The molecule has 2 N–H and O–H groups in total. The maximum Gasteiger partial charge on any atom is 0.0430 e. The molecule has 0 aromatic carbocycles. The molecule has 0 radical (unpaired) electrons. The zero-order chi connectivity index (χ0) is 15.4. The Balaban J connectivity index is 3.05. The van der Waals surface area contributed by atoms with Crippen molar-refractivity contribution in [3.8, 4) is 0 Å². The Bertz CT molecular complexity index is 287. The molecule has 20 heavy (non-hydrogen) atoms. The van der Waals surface area contributed by atoms with E-state index in [1.165, 1.54) is 37.3 Å². The van der Waals surface area contributed by atoms with E-state index in [0.29, 0.717) is 17.4 Å². The fraction of sp³-hybridized carbons (Fsp3) is 1.00. The van der Waals surface area contributed by atoms with Gasteiger partial charge in [-0.05, 0) is 36.3 Å². The van der Waals surface area contributed by atoms with Gasteiger partial charge in [0.1, 0.15) is 0 Å². The van der Waals surface area contributed by atoms with Gasteiger partial charge in [0.25, 0.3) is 0 Å². The smallest absolute Gasteiger partial charge is 0.0430 e. The average Bonchev–Trinajstić information content (AvgIpc) is 2.37. The highest BCUT2D eigenvalue weighted by Gasteiger charge is 2.45. The summed E-state index contributed by atoms with van der Waals surface area (Å²) in [6.45, 7) is 16.1. The second-order valence-electron chi connectivity index (χ2n) is 7.78. The molecule has 0 aliphatic carbocycles. The predicted molar refractivity (Wildman–Crippen MR) is 93.4 cm³/mol. The Morgan fingerprint density at radius 2 is 1.75 bits per heavy atom. The summed E-state index contributed by atoms with van der Waals surface area (Å²) >= 11 is 2.11. The van der Waals surface area contributed by atoms with Gasteiger partial charge in [-0.2, -0.15) is 11.8 Å². The topological polar surface area (TPSA) is 29.3 Å². The van der Waals surface area contributed by atoms with E-state index < -0.39 is 0 Å². The first-order valence-electron chi connectivity index (χ1n) is 8.35. The van der Waals surface area contributed by atoms with Gasteiger partial charge >= 0.3 is 0 Å². The third-order valence-electron chi connectivity index (χ3n) is 4.61. The van der Waals surface area contributed by atoms with Crippen molar-refractivity contribution in [1.82, 2.24) is 4.90 Å². The first-order chi connectivity index (χ1) is 9.30. The van der Waals surface area contributed by atoms with Crippen LogP contribution in [-0.2, 0) is 0 Å². The molecule has 1 saturated heterocycles. The summed E-state index contributed by atoms with van der Waals surface area (Å²) < 4.78 is 0. The van der Waals surface area contributed by atoms with E-state index in [4.69, 9.17) is 5.73 Å². The summed E-state index contributed by atoms with van der Waals surface area (Å²) in [6, 6.07) is 0.676. The zero-order valence-corrected chi connectivity index (χ0v) is 15.4. The standard InChI is InChI=1S/C17H36N2S/c1-7-15(8-2)19(9-14(3)4)17(11-18)10-16(5,6)12-20-13-17/h14-15H,7-13,18H2,1-6H3. The van der Waals surface area contributed by atoms with Crippen molar-refractivity contribution < 1.29 is 0 Å². The maximum absolute atomic E-state index is 6.33. The molecule has 0 aromatic heterocycles. The lowest BCUT2D eigenvalue weighted by Crippen LogP contribution is -2.63. The zero-order valence-electron chi connectivity index (χ0n) is 14.5. The number of thioether (sulfide) groups is 1. The van der Waals surface area contributed by atoms with Gasteiger partial charge in [0.15, 0.2) is 0 Å². The second-order valence-corrected chi connectivity index (χ2v) is 8.76. The number of nitrogens with zero attached hydrogens (tertiary/aromatic N) is 1. The SMILES string of the molecule is CCC(CC)N(CC(C)C)C1(CN)CSCC(C)(C)C1. The van der Waals surface area contributed by atoms with Crippen LogP contribution in [0.25, 0.3) is 0 Å². The first-order valence-corrected chi connectivity index (χ1v) is 9.50. The summed E-state index contributed by atoms with van der Waals surface area (Å²) in [5, 5.41) is 0. The number of hydrogen-bond acceptors (Lipinski definition) is 3. The molecule has 1 aliphatic heterocycles. The van der Waals surface area contributed by atoms with Gasteiger partial charge in [0, 0.05) is 30.4 Å². The highest BCUT2D eigenvalue weighted by atomic mass is 32.2. The summed E-state index contributed by atoms with van der Waals surface area (Å²) in [5.41, 5.74) is 6.94. The fourth-order valence-corrected chi connectivity index (χ4v) is 5.32. The highest BCUT2D eigenvalue weighted by Crippen LogP contribution is 2.43. The van der Waals surface area contributed by atoms with Crippen LogP contribution in [0.15, 0.2) is 0 Å². The van der Waals surface area contributed by atoms with Crippen LogP contribution in [0.4, 0.5) is 0 Å². The molecule has 1 heterocycles. The Hall–Kier alpha value is 0.270. The molecule has 0 spiro atoms. The lowest BCUT2D eigenvalue weighted by Gasteiger charge is -2.53. The van der Waals surface area contributed by atoms with Gasteiger partial charge in [-0.3, -0.25) is 4.90 Å². The van der Waals surface area contributed by atoms with Crippen molar-refractivity contribution >= 4 is 11.8 Å². The summed E-state index contributed by atoms with van der Waals surface area (Å²) in [6.07, 6.45) is 3.71. The monoisotopic (exact) mass is 300 g/mol. The van der Waals surface area contributed by atoms with Crippen molar-refractivity contribution in [3.63, 3.8) is 0 Å². The Labute approximate surface area is 131 Å². The first kappa shape index (κ1) is 18.3. The number of hydrogen-bond donors (Lipinski definition) is 1. The van der Waals surface area contributed by atoms with Crippen molar-refractivity contribution in [2.45, 2.75) is 72.4 Å². The molecule has 2 nitrogen and oxygen atoms in total. The van der Waals surface area contributed by atoms with Crippen LogP contribution in [-0.4, -0.2) is 41.1 Å². The van der Waals surface area contributed by atoms with Gasteiger partial charge in [0.05, 0.1) is 0 Å². The third kappa shape index (κ3) is 4.38. The lowest BCUT2D eigenvalue weighted by atomic mass is 9.77. The summed E-state index contributed by atoms with van der Waals surface area (Å²) in [4.78, 5) is 2.78. The highest BCUT2D eigenvalue weighted by molar-refractivity contribution is 7.99. The van der Waals surface area contributed by atoms with Crippen LogP contribution in [0.5, 0.6) is 0 Å². The molecule has 0 aromatic rings.